The van der Waals surface area contributed by atoms with Crippen LogP contribution in [-0.2, 0) is 32.6 Å². The second-order valence-corrected chi connectivity index (χ2v) is 14.0. The van der Waals surface area contributed by atoms with Crippen LogP contribution >= 0.6 is 35.0 Å². The van der Waals surface area contributed by atoms with Gasteiger partial charge in [0, 0.05) is 40.0 Å². The molecule has 1 atom stereocenters. The molecule has 0 fully saturated rings. The van der Waals surface area contributed by atoms with Gasteiger partial charge in [-0.25, -0.2) is 8.42 Å². The zero-order valence-electron chi connectivity index (χ0n) is 26.4. The Balaban J connectivity index is 1.82. The normalized spacial score (nSPS) is 11.9. The number of anilines is 1. The lowest BCUT2D eigenvalue weighted by molar-refractivity contribution is -0.140. The number of amides is 2. The fourth-order valence-electron chi connectivity index (χ4n) is 4.98. The summed E-state index contributed by atoms with van der Waals surface area (Å²) in [7, 11) is -4.25. The van der Waals surface area contributed by atoms with Gasteiger partial charge in [0.15, 0.2) is 0 Å². The average molecular weight is 715 g/mol. The summed E-state index contributed by atoms with van der Waals surface area (Å²) in [5.41, 5.74) is 1.51. The van der Waals surface area contributed by atoms with Crippen molar-refractivity contribution in [3.05, 3.63) is 118 Å². The van der Waals surface area contributed by atoms with Gasteiger partial charge in [0.1, 0.15) is 18.3 Å². The standard InChI is InChI=1S/C35H37Cl2N3O5S2/c1-4-38-35(42)33(22-25-10-7-6-8-11-25)39(23-30-31(36)12-9-13-32(30)37)34(41)24-40(26-14-16-27(17-15-26)45-5-2)47(43,44)29-20-18-28(46-3)19-21-29/h6-21,33H,4-5,22-24H2,1-3H3,(H,38,42)/t33-/m1/s1. The number of sulfonamides is 1. The molecular formula is C35H37Cl2N3O5S2. The minimum Gasteiger partial charge on any atom is -0.494 e. The molecule has 0 aliphatic rings. The SMILES string of the molecule is CCNC(=O)[C@@H](Cc1ccccc1)N(Cc1c(Cl)cccc1Cl)C(=O)CN(c1ccc(OCC)cc1)S(=O)(=O)c1ccc(SC)cc1. The molecule has 248 valence electrons. The van der Waals surface area contributed by atoms with Crippen molar-refractivity contribution in [1.29, 1.82) is 0 Å². The van der Waals surface area contributed by atoms with Crippen LogP contribution in [0.25, 0.3) is 0 Å². The molecule has 2 amide bonds. The first kappa shape index (κ1) is 36.1. The van der Waals surface area contributed by atoms with Crippen molar-refractivity contribution in [2.45, 2.75) is 42.6 Å². The second kappa shape index (κ2) is 16.9. The molecule has 4 aromatic rings. The third-order valence-corrected chi connectivity index (χ3v) is 10.6. The van der Waals surface area contributed by atoms with Gasteiger partial charge in [0.25, 0.3) is 10.0 Å². The number of nitrogens with one attached hydrogen (secondary N) is 1. The number of rotatable bonds is 15. The van der Waals surface area contributed by atoms with Crippen molar-refractivity contribution in [3.8, 4) is 5.75 Å². The van der Waals surface area contributed by atoms with E-state index < -0.39 is 34.4 Å². The van der Waals surface area contributed by atoms with Crippen molar-refractivity contribution in [2.75, 3.05) is 30.3 Å². The molecule has 4 rings (SSSR count). The summed E-state index contributed by atoms with van der Waals surface area (Å²) in [6.07, 6.45) is 2.07. The summed E-state index contributed by atoms with van der Waals surface area (Å²) >= 11 is 14.6. The number of ether oxygens (including phenoxy) is 1. The van der Waals surface area contributed by atoms with Gasteiger partial charge < -0.3 is 15.0 Å². The first-order valence-electron chi connectivity index (χ1n) is 15.0. The van der Waals surface area contributed by atoms with Crippen molar-refractivity contribution in [1.82, 2.24) is 10.2 Å². The Morgan fingerprint density at radius 1 is 0.872 bits per heavy atom. The van der Waals surface area contributed by atoms with E-state index in [-0.39, 0.29) is 23.5 Å². The third kappa shape index (κ3) is 9.22. The molecule has 0 saturated heterocycles. The first-order chi connectivity index (χ1) is 22.6. The van der Waals surface area contributed by atoms with Crippen LogP contribution in [0.2, 0.25) is 10.0 Å². The highest BCUT2D eigenvalue weighted by molar-refractivity contribution is 7.98. The van der Waals surface area contributed by atoms with Crippen molar-refractivity contribution >= 4 is 62.5 Å². The molecule has 4 aromatic carbocycles. The topological polar surface area (TPSA) is 96.0 Å². The summed E-state index contributed by atoms with van der Waals surface area (Å²) < 4.78 is 35.1. The van der Waals surface area contributed by atoms with E-state index >= 15 is 0 Å². The molecule has 0 radical (unpaired) electrons. The lowest BCUT2D eigenvalue weighted by Gasteiger charge is -2.34. The molecule has 0 aliphatic carbocycles. The Hall–Kier alpha value is -3.70. The monoisotopic (exact) mass is 713 g/mol. The minimum atomic E-state index is -4.25. The Labute approximate surface area is 291 Å². The average Bonchev–Trinajstić information content (AvgIpc) is 3.07. The van der Waals surface area contributed by atoms with Crippen LogP contribution in [0.3, 0.4) is 0 Å². The van der Waals surface area contributed by atoms with Gasteiger partial charge in [-0.05, 0) is 86.3 Å². The summed E-state index contributed by atoms with van der Waals surface area (Å²) in [6.45, 7) is 3.67. The maximum absolute atomic E-state index is 14.6. The summed E-state index contributed by atoms with van der Waals surface area (Å²) in [5, 5.41) is 3.47. The zero-order chi connectivity index (χ0) is 34.0. The third-order valence-electron chi connectivity index (χ3n) is 7.37. The molecule has 0 aliphatic heterocycles. The molecule has 12 heteroatoms. The fraction of sp³-hybridized carbons (Fsp3) is 0.257. The molecule has 0 heterocycles. The smallest absolute Gasteiger partial charge is 0.264 e. The highest BCUT2D eigenvalue weighted by atomic mass is 35.5. The molecule has 0 aromatic heterocycles. The highest BCUT2D eigenvalue weighted by Gasteiger charge is 2.35. The number of hydrogen-bond donors (Lipinski definition) is 1. The number of hydrogen-bond acceptors (Lipinski definition) is 6. The van der Waals surface area contributed by atoms with Crippen LogP contribution in [0.4, 0.5) is 5.69 Å². The fourth-order valence-corrected chi connectivity index (χ4v) is 7.32. The molecule has 47 heavy (non-hydrogen) atoms. The van der Waals surface area contributed by atoms with E-state index in [2.05, 4.69) is 5.32 Å². The summed E-state index contributed by atoms with van der Waals surface area (Å²) in [5.74, 6) is -0.458. The van der Waals surface area contributed by atoms with Crippen LogP contribution in [0.5, 0.6) is 5.75 Å². The largest absolute Gasteiger partial charge is 0.494 e. The summed E-state index contributed by atoms with van der Waals surface area (Å²) in [4.78, 5) is 30.5. The number of carbonyl (C=O) groups is 2. The molecular weight excluding hydrogens is 677 g/mol. The van der Waals surface area contributed by atoms with E-state index in [4.69, 9.17) is 27.9 Å². The number of thioether (sulfide) groups is 1. The molecule has 0 spiro atoms. The van der Waals surface area contributed by atoms with E-state index in [9.17, 15) is 18.0 Å². The van der Waals surface area contributed by atoms with Crippen LogP contribution in [-0.4, -0.2) is 57.1 Å². The van der Waals surface area contributed by atoms with Crippen LogP contribution < -0.4 is 14.4 Å². The maximum atomic E-state index is 14.6. The van der Waals surface area contributed by atoms with Crippen molar-refractivity contribution in [3.63, 3.8) is 0 Å². The Kier molecular flexibility index (Phi) is 13.0. The number of halogens is 2. The van der Waals surface area contributed by atoms with E-state index in [1.807, 2.05) is 43.5 Å². The van der Waals surface area contributed by atoms with Gasteiger partial charge in [-0.15, -0.1) is 11.8 Å². The Morgan fingerprint density at radius 3 is 2.09 bits per heavy atom. The minimum absolute atomic E-state index is 0.0160. The van der Waals surface area contributed by atoms with Gasteiger partial charge in [0.05, 0.1) is 17.2 Å². The van der Waals surface area contributed by atoms with E-state index in [1.165, 1.54) is 28.8 Å². The first-order valence-corrected chi connectivity index (χ1v) is 18.4. The van der Waals surface area contributed by atoms with Gasteiger partial charge in [-0.2, -0.15) is 0 Å². The molecule has 0 saturated carbocycles. The molecule has 8 nitrogen and oxygen atoms in total. The lowest BCUT2D eigenvalue weighted by Crippen LogP contribution is -2.53. The van der Waals surface area contributed by atoms with Crippen LogP contribution in [0.15, 0.2) is 107 Å². The number of benzene rings is 4. The van der Waals surface area contributed by atoms with Crippen molar-refractivity contribution < 1.29 is 22.7 Å². The molecule has 1 N–H and O–H groups in total. The van der Waals surface area contributed by atoms with Crippen LogP contribution in [0, 0.1) is 0 Å². The number of likely N-dealkylation sites (N-methyl/N-ethyl adjacent to an activating group) is 1. The van der Waals surface area contributed by atoms with Crippen molar-refractivity contribution in [2.24, 2.45) is 0 Å². The van der Waals surface area contributed by atoms with E-state index in [0.717, 1.165) is 14.8 Å². The number of nitrogens with zero attached hydrogens (tertiary/aromatic N) is 2. The molecule has 0 unspecified atom stereocenters. The summed E-state index contributed by atoms with van der Waals surface area (Å²) in [6, 6.07) is 26.2. The van der Waals surface area contributed by atoms with E-state index in [1.54, 1.807) is 61.5 Å². The highest BCUT2D eigenvalue weighted by Crippen LogP contribution is 2.30. The predicted molar refractivity (Wildman–Crippen MR) is 190 cm³/mol. The predicted octanol–water partition coefficient (Wildman–Crippen LogP) is 7.09. The van der Waals surface area contributed by atoms with Gasteiger partial charge in [0.2, 0.25) is 11.8 Å². The Morgan fingerprint density at radius 2 is 1.51 bits per heavy atom. The quantitative estimate of drug-likeness (QED) is 0.132. The molecule has 0 bridgehead atoms. The maximum Gasteiger partial charge on any atom is 0.264 e. The Bertz CT molecular complexity index is 1740. The number of carbonyl (C=O) groups excluding carboxylic acids is 2. The van der Waals surface area contributed by atoms with E-state index in [0.29, 0.717) is 34.5 Å². The van der Waals surface area contributed by atoms with Gasteiger partial charge >= 0.3 is 0 Å². The zero-order valence-corrected chi connectivity index (χ0v) is 29.5. The lowest BCUT2D eigenvalue weighted by atomic mass is 10.0. The second-order valence-electron chi connectivity index (χ2n) is 10.4. The van der Waals surface area contributed by atoms with Gasteiger partial charge in [-0.3, -0.25) is 13.9 Å². The van der Waals surface area contributed by atoms with Crippen LogP contribution in [0.1, 0.15) is 25.0 Å². The van der Waals surface area contributed by atoms with Gasteiger partial charge in [-0.1, -0.05) is 59.6 Å².